The fourth-order valence-electron chi connectivity index (χ4n) is 1.80. The van der Waals surface area contributed by atoms with Crippen molar-refractivity contribution in [2.75, 3.05) is 13.1 Å². The van der Waals surface area contributed by atoms with Gasteiger partial charge in [-0.05, 0) is 47.2 Å². The van der Waals surface area contributed by atoms with Crippen molar-refractivity contribution in [1.82, 2.24) is 4.90 Å². The monoisotopic (exact) mass is 386 g/mol. The molecule has 0 unspecified atom stereocenters. The van der Waals surface area contributed by atoms with E-state index in [1.807, 2.05) is 6.07 Å². The molecule has 0 radical (unpaired) electrons. The number of carbonyl (C=O) groups excluding carboxylic acids is 1. The van der Waals surface area contributed by atoms with Gasteiger partial charge in [-0.2, -0.15) is 0 Å². The average molecular weight is 387 g/mol. The zero-order valence-electron chi connectivity index (χ0n) is 9.03. The molecule has 3 nitrogen and oxygen atoms in total. The third-order valence-electron chi connectivity index (χ3n) is 2.67. The van der Waals surface area contributed by atoms with E-state index in [1.165, 1.54) is 0 Å². The van der Waals surface area contributed by atoms with Gasteiger partial charge in [-0.3, -0.25) is 4.79 Å². The predicted molar refractivity (Wildman–Crippen MR) is 79.9 cm³/mol. The Labute approximate surface area is 125 Å². The van der Waals surface area contributed by atoms with Crippen LogP contribution in [0.2, 0.25) is 5.02 Å². The van der Waals surface area contributed by atoms with Crippen LogP contribution in [0, 0.1) is 3.57 Å². The Morgan fingerprint density at radius 2 is 2.24 bits per heavy atom. The van der Waals surface area contributed by atoms with E-state index in [-0.39, 0.29) is 24.4 Å². The minimum absolute atomic E-state index is 0. The number of amides is 1. The first kappa shape index (κ1) is 15.0. The lowest BCUT2D eigenvalue weighted by Gasteiger charge is -2.16. The van der Waals surface area contributed by atoms with Crippen LogP contribution in [-0.2, 0) is 0 Å². The highest BCUT2D eigenvalue weighted by atomic mass is 127. The van der Waals surface area contributed by atoms with Gasteiger partial charge in [-0.25, -0.2) is 0 Å². The normalized spacial score (nSPS) is 19.0. The van der Waals surface area contributed by atoms with Gasteiger partial charge in [0.25, 0.3) is 5.91 Å². The summed E-state index contributed by atoms with van der Waals surface area (Å²) in [5.74, 6) is 0.0276. The van der Waals surface area contributed by atoms with Gasteiger partial charge in [0.1, 0.15) is 0 Å². The summed E-state index contributed by atoms with van der Waals surface area (Å²) in [6, 6.07) is 5.47. The van der Waals surface area contributed by atoms with Crippen LogP contribution in [0.5, 0.6) is 0 Å². The molecule has 17 heavy (non-hydrogen) atoms. The summed E-state index contributed by atoms with van der Waals surface area (Å²) in [5, 5.41) is 0.590. The van der Waals surface area contributed by atoms with E-state index < -0.39 is 0 Å². The molecule has 0 aliphatic carbocycles. The summed E-state index contributed by atoms with van der Waals surface area (Å²) < 4.78 is 0.924. The second-order valence-corrected chi connectivity index (χ2v) is 5.52. The van der Waals surface area contributed by atoms with Crippen molar-refractivity contribution in [3.8, 4) is 0 Å². The lowest BCUT2D eigenvalue weighted by atomic mass is 10.2. The Bertz CT molecular complexity index is 428. The SMILES string of the molecule is Cl.N[C@H]1CCN(C(=O)c2cc(Cl)ccc2I)C1. The van der Waals surface area contributed by atoms with Gasteiger partial charge in [0, 0.05) is 27.7 Å². The van der Waals surface area contributed by atoms with Gasteiger partial charge in [0.05, 0.1) is 5.56 Å². The van der Waals surface area contributed by atoms with Gasteiger partial charge < -0.3 is 10.6 Å². The molecule has 2 rings (SSSR count). The first-order valence-electron chi connectivity index (χ1n) is 5.08. The van der Waals surface area contributed by atoms with E-state index in [0.717, 1.165) is 16.5 Å². The molecule has 1 amide bonds. The number of nitrogens with two attached hydrogens (primary N) is 1. The first-order valence-corrected chi connectivity index (χ1v) is 6.53. The van der Waals surface area contributed by atoms with E-state index in [2.05, 4.69) is 22.6 Å². The molecule has 0 spiro atoms. The quantitative estimate of drug-likeness (QED) is 0.754. The molecule has 0 saturated carbocycles. The summed E-state index contributed by atoms with van der Waals surface area (Å²) in [6.07, 6.45) is 0.878. The Morgan fingerprint density at radius 3 is 2.82 bits per heavy atom. The molecule has 1 aromatic rings. The van der Waals surface area contributed by atoms with Crippen LogP contribution in [0.1, 0.15) is 16.8 Å². The minimum atomic E-state index is 0. The number of nitrogens with zero attached hydrogens (tertiary/aromatic N) is 1. The highest BCUT2D eigenvalue weighted by Gasteiger charge is 2.25. The molecule has 1 fully saturated rings. The van der Waals surface area contributed by atoms with E-state index in [9.17, 15) is 4.79 Å². The number of halogens is 3. The maximum Gasteiger partial charge on any atom is 0.255 e. The second kappa shape index (κ2) is 6.22. The molecule has 0 bridgehead atoms. The molecule has 0 aromatic heterocycles. The second-order valence-electron chi connectivity index (χ2n) is 3.92. The van der Waals surface area contributed by atoms with Crippen LogP contribution in [0.25, 0.3) is 0 Å². The minimum Gasteiger partial charge on any atom is -0.337 e. The zero-order valence-corrected chi connectivity index (χ0v) is 12.8. The number of carbonyl (C=O) groups is 1. The molecular formula is C11H13Cl2IN2O. The van der Waals surface area contributed by atoms with E-state index in [4.69, 9.17) is 17.3 Å². The van der Waals surface area contributed by atoms with Crippen molar-refractivity contribution in [3.05, 3.63) is 32.4 Å². The largest absolute Gasteiger partial charge is 0.337 e. The summed E-state index contributed by atoms with van der Waals surface area (Å²) >= 11 is 8.04. The fourth-order valence-corrected chi connectivity index (χ4v) is 2.54. The third-order valence-corrected chi connectivity index (χ3v) is 3.85. The molecule has 1 atom stereocenters. The molecular weight excluding hydrogens is 374 g/mol. The van der Waals surface area contributed by atoms with E-state index in [1.54, 1.807) is 17.0 Å². The highest BCUT2D eigenvalue weighted by Crippen LogP contribution is 2.21. The molecule has 1 aromatic carbocycles. The lowest BCUT2D eigenvalue weighted by molar-refractivity contribution is 0.0790. The van der Waals surface area contributed by atoms with Crippen molar-refractivity contribution in [3.63, 3.8) is 0 Å². The summed E-state index contributed by atoms with van der Waals surface area (Å²) in [7, 11) is 0. The third kappa shape index (κ3) is 3.47. The molecule has 1 aliphatic heterocycles. The van der Waals surface area contributed by atoms with E-state index in [0.29, 0.717) is 17.1 Å². The first-order chi connectivity index (χ1) is 7.58. The van der Waals surface area contributed by atoms with Gasteiger partial charge in [-0.1, -0.05) is 11.6 Å². The summed E-state index contributed by atoms with van der Waals surface area (Å²) in [5.41, 5.74) is 6.46. The highest BCUT2D eigenvalue weighted by molar-refractivity contribution is 14.1. The van der Waals surface area contributed by atoms with Gasteiger partial charge in [-0.15, -0.1) is 12.4 Å². The number of rotatable bonds is 1. The Balaban J connectivity index is 0.00000144. The molecule has 1 aliphatic rings. The van der Waals surface area contributed by atoms with Crippen LogP contribution in [0.3, 0.4) is 0 Å². The maximum atomic E-state index is 12.2. The maximum absolute atomic E-state index is 12.2. The molecule has 1 saturated heterocycles. The molecule has 6 heteroatoms. The van der Waals surface area contributed by atoms with Gasteiger partial charge >= 0.3 is 0 Å². The van der Waals surface area contributed by atoms with Crippen LogP contribution >= 0.6 is 46.6 Å². The number of benzene rings is 1. The lowest BCUT2D eigenvalue weighted by Crippen LogP contribution is -2.32. The smallest absolute Gasteiger partial charge is 0.255 e. The van der Waals surface area contributed by atoms with Crippen LogP contribution in [0.4, 0.5) is 0 Å². The molecule has 94 valence electrons. The Hall–Kier alpha value is -0.0400. The Morgan fingerprint density at radius 1 is 1.53 bits per heavy atom. The predicted octanol–water partition coefficient (Wildman–Crippen LogP) is 2.54. The number of likely N-dealkylation sites (tertiary alicyclic amines) is 1. The summed E-state index contributed by atoms with van der Waals surface area (Å²) in [6.45, 7) is 1.38. The number of hydrogen-bond donors (Lipinski definition) is 1. The standard InChI is InChI=1S/C11H12ClIN2O.ClH/c12-7-1-2-10(13)9(5-7)11(16)15-4-3-8(14)6-15;/h1-2,5,8H,3-4,6,14H2;1H/t8-;/m0./s1. The Kier molecular flexibility index (Phi) is 5.50. The van der Waals surface area contributed by atoms with Crippen molar-refractivity contribution < 1.29 is 4.79 Å². The van der Waals surface area contributed by atoms with Crippen molar-refractivity contribution in [2.24, 2.45) is 5.73 Å². The topological polar surface area (TPSA) is 46.3 Å². The van der Waals surface area contributed by atoms with Crippen molar-refractivity contribution >= 4 is 52.5 Å². The molecule has 2 N–H and O–H groups in total. The zero-order chi connectivity index (χ0) is 11.7. The van der Waals surface area contributed by atoms with Crippen molar-refractivity contribution in [1.29, 1.82) is 0 Å². The van der Waals surface area contributed by atoms with E-state index >= 15 is 0 Å². The van der Waals surface area contributed by atoms with Gasteiger partial charge in [0.2, 0.25) is 0 Å². The average Bonchev–Trinajstić information content (AvgIpc) is 2.67. The van der Waals surface area contributed by atoms with Crippen LogP contribution in [0.15, 0.2) is 18.2 Å². The van der Waals surface area contributed by atoms with Crippen LogP contribution in [-0.4, -0.2) is 29.9 Å². The summed E-state index contributed by atoms with van der Waals surface area (Å²) in [4.78, 5) is 14.0. The van der Waals surface area contributed by atoms with Crippen LogP contribution < -0.4 is 5.73 Å². The van der Waals surface area contributed by atoms with Gasteiger partial charge in [0.15, 0.2) is 0 Å². The van der Waals surface area contributed by atoms with Crippen molar-refractivity contribution in [2.45, 2.75) is 12.5 Å². The fraction of sp³-hybridized carbons (Fsp3) is 0.364. The number of hydrogen-bond acceptors (Lipinski definition) is 2. The molecule has 1 heterocycles.